The average Bonchev–Trinajstić information content (AvgIpc) is 2.36. The molecule has 0 aliphatic carbocycles. The Morgan fingerprint density at radius 1 is 0.952 bits per heavy atom. The molecule has 0 saturated carbocycles. The van der Waals surface area contributed by atoms with Crippen molar-refractivity contribution < 1.29 is 35.8 Å². The van der Waals surface area contributed by atoms with Gasteiger partial charge in [0, 0.05) is 0 Å². The van der Waals surface area contributed by atoms with E-state index in [4.69, 9.17) is 10.00 Å². The first kappa shape index (κ1) is 17.1. The zero-order chi connectivity index (χ0) is 16.1. The minimum Gasteiger partial charge on any atom is -0.491 e. The molecule has 0 bridgehead atoms. The molecule has 0 spiro atoms. The van der Waals surface area contributed by atoms with Gasteiger partial charge in [-0.05, 0) is 24.3 Å². The van der Waals surface area contributed by atoms with E-state index in [1.807, 2.05) is 6.07 Å². The maximum absolute atomic E-state index is 12.1. The third-order valence-corrected chi connectivity index (χ3v) is 2.21. The standard InChI is InChI=1S/C12H9F6NO2/c13-11(14,15)10(12(16,17)18)21-6-5-20-9-3-1-8(7-19)2-4-9/h1-4,10H,5-6H2. The zero-order valence-electron chi connectivity index (χ0n) is 10.3. The second-order valence-corrected chi connectivity index (χ2v) is 3.82. The Morgan fingerprint density at radius 3 is 1.90 bits per heavy atom. The van der Waals surface area contributed by atoms with Crippen molar-refractivity contribution in [2.45, 2.75) is 18.5 Å². The van der Waals surface area contributed by atoms with Gasteiger partial charge in [0.2, 0.25) is 6.10 Å². The largest absolute Gasteiger partial charge is 0.491 e. The minimum absolute atomic E-state index is 0.202. The molecule has 9 heteroatoms. The lowest BCUT2D eigenvalue weighted by Gasteiger charge is -2.23. The van der Waals surface area contributed by atoms with E-state index in [1.165, 1.54) is 24.3 Å². The fraction of sp³-hybridized carbons (Fsp3) is 0.417. The van der Waals surface area contributed by atoms with E-state index in [9.17, 15) is 26.3 Å². The summed E-state index contributed by atoms with van der Waals surface area (Å²) in [6, 6.07) is 7.36. The van der Waals surface area contributed by atoms with Gasteiger partial charge in [0.15, 0.2) is 0 Å². The Balaban J connectivity index is 2.46. The highest BCUT2D eigenvalue weighted by molar-refractivity contribution is 5.34. The summed E-state index contributed by atoms with van der Waals surface area (Å²) in [5.41, 5.74) is 0.341. The highest BCUT2D eigenvalue weighted by Gasteiger charge is 2.57. The van der Waals surface area contributed by atoms with E-state index in [1.54, 1.807) is 0 Å². The molecule has 0 aromatic heterocycles. The minimum atomic E-state index is -5.54. The van der Waals surface area contributed by atoms with Crippen molar-refractivity contribution in [3.05, 3.63) is 29.8 Å². The number of benzene rings is 1. The third kappa shape index (κ3) is 5.51. The predicted molar refractivity (Wildman–Crippen MR) is 58.5 cm³/mol. The maximum Gasteiger partial charge on any atom is 0.423 e. The van der Waals surface area contributed by atoms with Gasteiger partial charge in [-0.25, -0.2) is 0 Å². The molecule has 0 heterocycles. The second-order valence-electron chi connectivity index (χ2n) is 3.82. The van der Waals surface area contributed by atoms with E-state index < -0.39 is 31.7 Å². The molecule has 0 N–H and O–H groups in total. The maximum atomic E-state index is 12.1. The molecule has 21 heavy (non-hydrogen) atoms. The van der Waals surface area contributed by atoms with Crippen LogP contribution in [0.3, 0.4) is 0 Å². The lowest BCUT2D eigenvalue weighted by atomic mass is 10.2. The molecule has 0 aliphatic heterocycles. The zero-order valence-corrected chi connectivity index (χ0v) is 10.3. The van der Waals surface area contributed by atoms with E-state index in [-0.39, 0.29) is 5.75 Å². The molecule has 0 atom stereocenters. The van der Waals surface area contributed by atoms with Crippen molar-refractivity contribution >= 4 is 0 Å². The van der Waals surface area contributed by atoms with Crippen molar-refractivity contribution in [3.63, 3.8) is 0 Å². The number of ether oxygens (including phenoxy) is 2. The van der Waals surface area contributed by atoms with Crippen LogP contribution < -0.4 is 4.74 Å². The molecule has 116 valence electrons. The van der Waals surface area contributed by atoms with Crippen molar-refractivity contribution in [2.75, 3.05) is 13.2 Å². The summed E-state index contributed by atoms with van der Waals surface area (Å²) in [6.07, 6.45) is -14.9. The van der Waals surface area contributed by atoms with E-state index in [0.29, 0.717) is 5.56 Å². The molecule has 0 amide bonds. The van der Waals surface area contributed by atoms with Crippen molar-refractivity contribution in [3.8, 4) is 11.8 Å². The van der Waals surface area contributed by atoms with Gasteiger partial charge in [-0.2, -0.15) is 31.6 Å². The molecule has 0 fully saturated rings. The van der Waals surface area contributed by atoms with Gasteiger partial charge >= 0.3 is 12.4 Å². The van der Waals surface area contributed by atoms with Crippen molar-refractivity contribution in [1.29, 1.82) is 5.26 Å². The molecule has 1 aromatic carbocycles. The third-order valence-electron chi connectivity index (χ3n) is 2.21. The highest BCUT2D eigenvalue weighted by Crippen LogP contribution is 2.35. The van der Waals surface area contributed by atoms with Crippen LogP contribution >= 0.6 is 0 Å². The van der Waals surface area contributed by atoms with Gasteiger partial charge in [-0.3, -0.25) is 0 Å². The molecule has 0 saturated heterocycles. The van der Waals surface area contributed by atoms with Crippen LogP contribution in [-0.4, -0.2) is 31.7 Å². The number of nitriles is 1. The first-order chi connectivity index (χ1) is 9.64. The Kier molecular flexibility index (Phi) is 5.43. The molecule has 0 unspecified atom stereocenters. The Labute approximate surface area is 115 Å². The predicted octanol–water partition coefficient (Wildman–Crippen LogP) is 3.45. The lowest BCUT2D eigenvalue weighted by molar-refractivity contribution is -0.322. The Morgan fingerprint density at radius 2 is 1.48 bits per heavy atom. The quantitative estimate of drug-likeness (QED) is 0.618. The molecule has 1 aromatic rings. The summed E-state index contributed by atoms with van der Waals surface area (Å²) in [5.74, 6) is 0.202. The molecule has 3 nitrogen and oxygen atoms in total. The van der Waals surface area contributed by atoms with Crippen LogP contribution in [0, 0.1) is 11.3 Å². The summed E-state index contributed by atoms with van der Waals surface area (Å²) < 4.78 is 81.5. The summed E-state index contributed by atoms with van der Waals surface area (Å²) in [7, 11) is 0. The van der Waals surface area contributed by atoms with Crippen LogP contribution in [-0.2, 0) is 4.74 Å². The van der Waals surface area contributed by atoms with Crippen LogP contribution in [0.2, 0.25) is 0 Å². The van der Waals surface area contributed by atoms with E-state index >= 15 is 0 Å². The molecule has 0 radical (unpaired) electrons. The highest BCUT2D eigenvalue weighted by atomic mass is 19.4. The molecule has 1 rings (SSSR count). The van der Waals surface area contributed by atoms with Gasteiger partial charge in [-0.15, -0.1) is 0 Å². The number of nitrogens with zero attached hydrogens (tertiary/aromatic N) is 1. The Bertz CT molecular complexity index is 474. The first-order valence-corrected chi connectivity index (χ1v) is 5.52. The number of alkyl halides is 6. The summed E-state index contributed by atoms with van der Waals surface area (Å²) in [4.78, 5) is 0. The summed E-state index contributed by atoms with van der Waals surface area (Å²) in [5, 5.41) is 8.53. The second kappa shape index (κ2) is 6.67. The van der Waals surface area contributed by atoms with Crippen LogP contribution in [0.25, 0.3) is 0 Å². The Hall–Kier alpha value is -1.95. The SMILES string of the molecule is N#Cc1ccc(OCCOC(C(F)(F)F)C(F)(F)F)cc1. The van der Waals surface area contributed by atoms with Gasteiger partial charge in [-0.1, -0.05) is 0 Å². The molecular formula is C12H9F6NO2. The van der Waals surface area contributed by atoms with Gasteiger partial charge < -0.3 is 9.47 Å². The fourth-order valence-corrected chi connectivity index (χ4v) is 1.33. The number of hydrogen-bond acceptors (Lipinski definition) is 3. The normalized spacial score (nSPS) is 12.3. The van der Waals surface area contributed by atoms with Crippen molar-refractivity contribution in [1.82, 2.24) is 0 Å². The van der Waals surface area contributed by atoms with Crippen LogP contribution in [0.1, 0.15) is 5.56 Å². The molecule has 0 aliphatic rings. The average molecular weight is 313 g/mol. The summed E-state index contributed by atoms with van der Waals surface area (Å²) >= 11 is 0. The molecular weight excluding hydrogens is 304 g/mol. The van der Waals surface area contributed by atoms with Crippen LogP contribution in [0.5, 0.6) is 5.75 Å². The van der Waals surface area contributed by atoms with Gasteiger partial charge in [0.25, 0.3) is 0 Å². The van der Waals surface area contributed by atoms with Gasteiger partial charge in [0.1, 0.15) is 12.4 Å². The van der Waals surface area contributed by atoms with Gasteiger partial charge in [0.05, 0.1) is 18.2 Å². The monoisotopic (exact) mass is 313 g/mol. The smallest absolute Gasteiger partial charge is 0.423 e. The summed E-state index contributed by atoms with van der Waals surface area (Å²) in [6.45, 7) is -1.38. The van der Waals surface area contributed by atoms with Crippen LogP contribution in [0.4, 0.5) is 26.3 Å². The number of hydrogen-bond donors (Lipinski definition) is 0. The number of rotatable bonds is 5. The van der Waals surface area contributed by atoms with Crippen molar-refractivity contribution in [2.24, 2.45) is 0 Å². The van der Waals surface area contributed by atoms with E-state index in [0.717, 1.165) is 0 Å². The lowest BCUT2D eigenvalue weighted by Crippen LogP contribution is -2.44. The topological polar surface area (TPSA) is 42.2 Å². The first-order valence-electron chi connectivity index (χ1n) is 5.52. The van der Waals surface area contributed by atoms with E-state index in [2.05, 4.69) is 4.74 Å². The fourth-order valence-electron chi connectivity index (χ4n) is 1.33. The van der Waals surface area contributed by atoms with Crippen LogP contribution in [0.15, 0.2) is 24.3 Å². The number of halogens is 6.